The van der Waals surface area contributed by atoms with Crippen LogP contribution in [0.1, 0.15) is 155 Å². The number of fused-ring (bicyclic) bond motifs is 2. The molecule has 2 N–H and O–H groups in total. The van der Waals surface area contributed by atoms with Gasteiger partial charge < -0.3 is 20.0 Å². The third-order valence-electron chi connectivity index (χ3n) is 13.8. The Kier molecular flexibility index (Phi) is 19.5. The van der Waals surface area contributed by atoms with Crippen molar-refractivity contribution in [3.8, 4) is 0 Å². The number of carboxylic acids is 2. The highest BCUT2D eigenvalue weighted by Crippen LogP contribution is 2.42. The third kappa shape index (κ3) is 13.2. The van der Waals surface area contributed by atoms with Crippen LogP contribution in [0.15, 0.2) is 54.7 Å². The largest absolute Gasteiger partial charge is 0.481 e. The fraction of sp³-hybridized carbons (Fsp3) is 0.491. The minimum absolute atomic E-state index is 0.0779. The molecule has 0 radical (unpaired) electrons. The monoisotopic (exact) mass is 976 g/mol. The van der Waals surface area contributed by atoms with Gasteiger partial charge in [-0.3, -0.25) is 29.1 Å². The Bertz CT molecular complexity index is 2720. The van der Waals surface area contributed by atoms with Gasteiger partial charge in [-0.25, -0.2) is 0 Å². The van der Waals surface area contributed by atoms with Gasteiger partial charge in [-0.05, 0) is 169 Å². The summed E-state index contributed by atoms with van der Waals surface area (Å²) in [5.74, 6) is -1.43. The molecule has 12 nitrogen and oxygen atoms in total. The van der Waals surface area contributed by atoms with E-state index >= 15 is 0 Å². The molecule has 0 bridgehead atoms. The molecule has 2 amide bonds. The quantitative estimate of drug-likeness (QED) is 0.106. The predicted octanol–water partition coefficient (Wildman–Crippen LogP) is 13.5. The van der Waals surface area contributed by atoms with E-state index in [1.165, 1.54) is 50.9 Å². The van der Waals surface area contributed by atoms with Crippen molar-refractivity contribution in [2.24, 2.45) is 10.8 Å². The van der Waals surface area contributed by atoms with Crippen molar-refractivity contribution in [1.29, 1.82) is 0 Å². The molecule has 14 heteroatoms. The smallest absolute Gasteiger partial charge is 0.309 e. The summed E-state index contributed by atoms with van der Waals surface area (Å²) in [6.07, 6.45) is 13.3. The van der Waals surface area contributed by atoms with Gasteiger partial charge in [0.15, 0.2) is 0 Å². The number of aliphatic carboxylic acids is 2. The summed E-state index contributed by atoms with van der Waals surface area (Å²) in [5, 5.41) is 21.2. The lowest BCUT2D eigenvalue weighted by Crippen LogP contribution is -2.37. The normalized spacial score (nSPS) is 14.8. The molecule has 0 aliphatic heterocycles. The number of carbonyl (C=O) groups excluding carboxylic acids is 2. The molecule has 0 spiro atoms. The molecule has 4 aromatic heterocycles. The number of pyridine rings is 2. The Morgan fingerprint density at radius 2 is 1.20 bits per heavy atom. The second kappa shape index (κ2) is 24.8. The number of nitrogens with zero attached hydrogens (tertiary/aromatic N) is 6. The van der Waals surface area contributed by atoms with Crippen molar-refractivity contribution in [2.45, 2.75) is 166 Å². The van der Waals surface area contributed by atoms with E-state index in [0.717, 1.165) is 119 Å². The van der Waals surface area contributed by atoms with Gasteiger partial charge in [0.1, 0.15) is 0 Å². The molecule has 0 atom stereocenters. The number of benzene rings is 2. The molecule has 2 aliphatic rings. The van der Waals surface area contributed by atoms with Crippen LogP contribution in [-0.2, 0) is 32.3 Å². The van der Waals surface area contributed by atoms with Gasteiger partial charge in [-0.2, -0.15) is 8.75 Å². The van der Waals surface area contributed by atoms with E-state index in [0.29, 0.717) is 32.4 Å². The molecule has 69 heavy (non-hydrogen) atoms. The number of anilines is 2. The van der Waals surface area contributed by atoms with Gasteiger partial charge in [0.05, 0.1) is 67.5 Å². The topological polar surface area (TPSA) is 167 Å². The standard InChI is InChI=1S/C27H33N3O3S.C17H17N3OS.C9H16O2.C2H6/c1-17-14-18(2)25-21(29-34-23(25)15-17)16-30(22-9-8-19(3)28-20(22)4)24(31)10-13-27(26(32)33)11-6-5-7-12-27;1-11-7-12(2)17-14(19-22-16(17)8-11)9-20(10-21)15-5-4-6-18-13(15)3;1-2-9(8(10)11)6-4-3-5-7-9;1-2/h8-9,14-15H,5-7,10-13,16H2,1-4H3,(H,32,33);4-8,10H,9H2,1-3H3;2-7H2,1H3,(H,10,11);1-2H3. The Labute approximate surface area is 416 Å². The van der Waals surface area contributed by atoms with E-state index in [4.69, 9.17) is 9.48 Å². The maximum atomic E-state index is 13.7. The lowest BCUT2D eigenvalue weighted by Gasteiger charge is -2.33. The molecular weight excluding hydrogens is 905 g/mol. The Morgan fingerprint density at radius 1 is 0.681 bits per heavy atom. The summed E-state index contributed by atoms with van der Waals surface area (Å²) in [7, 11) is 0. The highest BCUT2D eigenvalue weighted by atomic mass is 32.1. The van der Waals surface area contributed by atoms with Crippen LogP contribution >= 0.6 is 23.1 Å². The number of carboxylic acid groups (broad SMARTS) is 2. The first-order valence-electron chi connectivity index (χ1n) is 24.6. The summed E-state index contributed by atoms with van der Waals surface area (Å²) in [5.41, 5.74) is 9.53. The molecule has 0 saturated heterocycles. The van der Waals surface area contributed by atoms with Crippen molar-refractivity contribution in [3.63, 3.8) is 0 Å². The van der Waals surface area contributed by atoms with Gasteiger partial charge in [0.2, 0.25) is 12.3 Å². The van der Waals surface area contributed by atoms with Crippen LogP contribution in [0.25, 0.3) is 20.2 Å². The zero-order valence-corrected chi connectivity index (χ0v) is 44.0. The first-order valence-corrected chi connectivity index (χ1v) is 26.1. The average molecular weight is 977 g/mol. The van der Waals surface area contributed by atoms with Crippen molar-refractivity contribution in [3.05, 3.63) is 105 Å². The van der Waals surface area contributed by atoms with Crippen molar-refractivity contribution in [1.82, 2.24) is 18.7 Å². The molecule has 2 aromatic carbocycles. The first-order chi connectivity index (χ1) is 33.0. The third-order valence-corrected chi connectivity index (χ3v) is 15.5. The maximum Gasteiger partial charge on any atom is 0.309 e. The van der Waals surface area contributed by atoms with E-state index in [2.05, 4.69) is 66.3 Å². The fourth-order valence-corrected chi connectivity index (χ4v) is 12.0. The zero-order valence-electron chi connectivity index (χ0n) is 42.4. The molecule has 2 saturated carbocycles. The number of aryl methyl sites for hydroxylation is 7. The van der Waals surface area contributed by atoms with Crippen LogP contribution < -0.4 is 9.80 Å². The summed E-state index contributed by atoms with van der Waals surface area (Å²) in [6, 6.07) is 16.2. The van der Waals surface area contributed by atoms with E-state index in [-0.39, 0.29) is 17.7 Å². The lowest BCUT2D eigenvalue weighted by atomic mass is 9.71. The number of hydrogen-bond donors (Lipinski definition) is 2. The molecule has 2 fully saturated rings. The van der Waals surface area contributed by atoms with Crippen LogP contribution in [0.4, 0.5) is 11.4 Å². The summed E-state index contributed by atoms with van der Waals surface area (Å²) < 4.78 is 11.6. The Balaban J connectivity index is 0.000000216. The van der Waals surface area contributed by atoms with Crippen LogP contribution in [0.5, 0.6) is 0 Å². The molecule has 0 unspecified atom stereocenters. The Hall–Kier alpha value is -5.60. The van der Waals surface area contributed by atoms with Gasteiger partial charge in [-0.1, -0.05) is 71.4 Å². The highest BCUT2D eigenvalue weighted by molar-refractivity contribution is 7.13. The van der Waals surface area contributed by atoms with Crippen LogP contribution in [0.2, 0.25) is 0 Å². The van der Waals surface area contributed by atoms with Crippen LogP contribution in [0.3, 0.4) is 0 Å². The second-order valence-corrected chi connectivity index (χ2v) is 20.3. The van der Waals surface area contributed by atoms with E-state index < -0.39 is 17.4 Å². The van der Waals surface area contributed by atoms with Crippen LogP contribution in [0, 0.1) is 59.3 Å². The van der Waals surface area contributed by atoms with Gasteiger partial charge in [0, 0.05) is 29.1 Å². The van der Waals surface area contributed by atoms with Crippen LogP contribution in [-0.4, -0.2) is 53.2 Å². The average Bonchev–Trinajstić information content (AvgIpc) is 3.94. The fourth-order valence-electron chi connectivity index (χ4n) is 10.0. The summed E-state index contributed by atoms with van der Waals surface area (Å²) in [6.45, 7) is 20.9. The number of hydrogen-bond acceptors (Lipinski definition) is 10. The molecule has 370 valence electrons. The summed E-state index contributed by atoms with van der Waals surface area (Å²) in [4.78, 5) is 60.5. The maximum absolute atomic E-state index is 13.7. The second-order valence-electron chi connectivity index (χ2n) is 18.7. The number of aromatic nitrogens is 4. The predicted molar refractivity (Wildman–Crippen MR) is 281 cm³/mol. The van der Waals surface area contributed by atoms with Crippen molar-refractivity contribution in [2.75, 3.05) is 9.80 Å². The molecule has 4 heterocycles. The molecular formula is C55H72N6O6S2. The minimum Gasteiger partial charge on any atom is -0.481 e. The van der Waals surface area contributed by atoms with E-state index in [1.807, 2.05) is 65.8 Å². The van der Waals surface area contributed by atoms with Crippen molar-refractivity contribution < 1.29 is 29.4 Å². The summed E-state index contributed by atoms with van der Waals surface area (Å²) >= 11 is 2.94. The molecule has 6 aromatic rings. The molecule has 2 aliphatic carbocycles. The van der Waals surface area contributed by atoms with Gasteiger partial charge >= 0.3 is 11.9 Å². The molecule has 8 rings (SSSR count). The Morgan fingerprint density at radius 3 is 1.67 bits per heavy atom. The zero-order chi connectivity index (χ0) is 50.5. The van der Waals surface area contributed by atoms with Crippen molar-refractivity contribution >= 4 is 78.9 Å². The SMILES string of the molecule is CC.CCC1(C(=O)O)CCCCC1.Cc1cc(C)c2c(CN(C(=O)CCC3(C(=O)O)CCCCC3)c3ccc(C)nc3C)nsc2c1.Cc1cc(C)c2c(CN(C=O)c3cccnc3C)nsc2c1. The van der Waals surface area contributed by atoms with Gasteiger partial charge in [0.25, 0.3) is 0 Å². The number of rotatable bonds is 13. The van der Waals surface area contributed by atoms with Gasteiger partial charge in [-0.15, -0.1) is 0 Å². The number of amides is 2. The van der Waals surface area contributed by atoms with E-state index in [1.54, 1.807) is 16.0 Å². The first kappa shape index (κ1) is 54.3. The lowest BCUT2D eigenvalue weighted by molar-refractivity contribution is -0.152. The number of carbonyl (C=O) groups is 4. The minimum atomic E-state index is -0.790. The highest BCUT2D eigenvalue weighted by Gasteiger charge is 2.40. The van der Waals surface area contributed by atoms with E-state index in [9.17, 15) is 24.3 Å².